The zero-order chi connectivity index (χ0) is 30.0. The number of hydrogen-bond donors (Lipinski definition) is 1. The lowest BCUT2D eigenvalue weighted by Gasteiger charge is -2.23. The number of carbonyl (C=O) groups excluding carboxylic acids is 2. The van der Waals surface area contributed by atoms with E-state index in [9.17, 15) is 9.59 Å². The first-order chi connectivity index (χ1) is 21.5. The summed E-state index contributed by atoms with van der Waals surface area (Å²) in [7, 11) is 0. The number of hydrogen-bond acceptors (Lipinski definition) is 5. The van der Waals surface area contributed by atoms with Crippen molar-refractivity contribution in [3.63, 3.8) is 0 Å². The van der Waals surface area contributed by atoms with Crippen molar-refractivity contribution in [3.05, 3.63) is 126 Å². The van der Waals surface area contributed by atoms with Crippen LogP contribution in [0.25, 0.3) is 39.2 Å². The van der Waals surface area contributed by atoms with E-state index in [4.69, 9.17) is 9.72 Å². The molecule has 6 nitrogen and oxygen atoms in total. The number of amides is 1. The maximum atomic E-state index is 13.5. The van der Waals surface area contributed by atoms with E-state index in [0.717, 1.165) is 65.8 Å². The van der Waals surface area contributed by atoms with Gasteiger partial charge in [-0.2, -0.15) is 0 Å². The Labute approximate surface area is 257 Å². The summed E-state index contributed by atoms with van der Waals surface area (Å²) in [6.45, 7) is 3.84. The van der Waals surface area contributed by atoms with Gasteiger partial charge in [-0.1, -0.05) is 66.7 Å². The smallest absolute Gasteiger partial charge is 0.228 e. The highest BCUT2D eigenvalue weighted by atomic mass is 16.5. The fourth-order valence-electron chi connectivity index (χ4n) is 6.22. The Morgan fingerprint density at radius 1 is 0.864 bits per heavy atom. The normalized spacial score (nSPS) is 16.1. The number of anilines is 1. The SMILES string of the molecule is CC(=O)N1/C(=C\c2cc(-c3cccc(-c4ccccc4)c3)c3cc(CNC4CCOCC4)ccc3n2)C(=O)c2ccccc21. The summed E-state index contributed by atoms with van der Waals surface area (Å²) >= 11 is 0. The molecule has 3 heterocycles. The zero-order valence-corrected chi connectivity index (χ0v) is 24.6. The molecule has 0 unspecified atom stereocenters. The summed E-state index contributed by atoms with van der Waals surface area (Å²) in [6.07, 6.45) is 3.78. The third-order valence-corrected chi connectivity index (χ3v) is 8.45. The number of rotatable bonds is 6. The number of aromatic nitrogens is 1. The van der Waals surface area contributed by atoms with Crippen LogP contribution in [0.3, 0.4) is 0 Å². The first-order valence-electron chi connectivity index (χ1n) is 15.1. The van der Waals surface area contributed by atoms with Crippen LogP contribution < -0.4 is 10.2 Å². The Kier molecular flexibility index (Phi) is 7.61. The second-order valence-electron chi connectivity index (χ2n) is 11.4. The highest BCUT2D eigenvalue weighted by molar-refractivity contribution is 6.26. The number of allylic oxidation sites excluding steroid dienone is 1. The van der Waals surface area contributed by atoms with Gasteiger partial charge >= 0.3 is 0 Å². The largest absolute Gasteiger partial charge is 0.381 e. The molecule has 218 valence electrons. The number of ketones is 1. The molecule has 0 aliphatic carbocycles. The van der Waals surface area contributed by atoms with E-state index in [0.29, 0.717) is 28.7 Å². The fourth-order valence-corrected chi connectivity index (χ4v) is 6.22. The molecule has 1 amide bonds. The van der Waals surface area contributed by atoms with Crippen LogP contribution in [0.4, 0.5) is 5.69 Å². The Hall–Kier alpha value is -4.91. The molecule has 0 saturated carbocycles. The van der Waals surface area contributed by atoms with Crippen LogP contribution in [-0.2, 0) is 16.1 Å². The molecule has 2 aliphatic heterocycles. The molecule has 0 radical (unpaired) electrons. The van der Waals surface area contributed by atoms with Crippen molar-refractivity contribution < 1.29 is 14.3 Å². The maximum absolute atomic E-state index is 13.5. The standard InChI is InChI=1S/C38H33N3O3/c1-25(42)41-36-13-6-5-12-32(36)38(43)37(41)23-31-22-33(29-11-7-10-28(21-29)27-8-3-2-4-9-27)34-20-26(14-15-35(34)40-31)24-39-30-16-18-44-19-17-30/h2-15,20-23,30,39H,16-19,24H2,1H3/b37-23-. The second-order valence-corrected chi connectivity index (χ2v) is 11.4. The molecule has 0 bridgehead atoms. The van der Waals surface area contributed by atoms with E-state index in [-0.39, 0.29) is 11.7 Å². The minimum atomic E-state index is -0.215. The predicted molar refractivity (Wildman–Crippen MR) is 175 cm³/mol. The lowest BCUT2D eigenvalue weighted by Crippen LogP contribution is -2.34. The monoisotopic (exact) mass is 579 g/mol. The van der Waals surface area contributed by atoms with Crippen LogP contribution in [0.1, 0.15) is 41.4 Å². The molecular formula is C38H33N3O3. The van der Waals surface area contributed by atoms with Gasteiger partial charge in [-0.3, -0.25) is 14.5 Å². The van der Waals surface area contributed by atoms with Crippen molar-refractivity contribution in [2.24, 2.45) is 0 Å². The van der Waals surface area contributed by atoms with E-state index >= 15 is 0 Å². The zero-order valence-electron chi connectivity index (χ0n) is 24.6. The summed E-state index contributed by atoms with van der Waals surface area (Å²) in [5.74, 6) is -0.396. The molecule has 2 aliphatic rings. The Morgan fingerprint density at radius 2 is 1.61 bits per heavy atom. The molecule has 1 saturated heterocycles. The molecule has 1 aromatic heterocycles. The third-order valence-electron chi connectivity index (χ3n) is 8.45. The molecule has 5 aromatic rings. The average molecular weight is 580 g/mol. The molecule has 1 N–H and O–H groups in total. The molecule has 0 spiro atoms. The van der Waals surface area contributed by atoms with Crippen LogP contribution in [0.2, 0.25) is 0 Å². The number of Topliss-reactive ketones (excluding diaryl/α,β-unsaturated/α-hetero) is 1. The number of benzene rings is 4. The molecule has 0 atom stereocenters. The lowest BCUT2D eigenvalue weighted by molar-refractivity contribution is -0.116. The van der Waals surface area contributed by atoms with Crippen LogP contribution in [0.15, 0.2) is 109 Å². The number of nitrogens with zero attached hydrogens (tertiary/aromatic N) is 2. The van der Waals surface area contributed by atoms with Crippen molar-refractivity contribution in [2.75, 3.05) is 18.1 Å². The number of carbonyl (C=O) groups is 2. The summed E-state index contributed by atoms with van der Waals surface area (Å²) in [5.41, 5.74) is 8.40. The second kappa shape index (κ2) is 12.0. The van der Waals surface area contributed by atoms with Crippen molar-refractivity contribution >= 4 is 34.4 Å². The van der Waals surface area contributed by atoms with Gasteiger partial charge in [0, 0.05) is 43.7 Å². The molecule has 44 heavy (non-hydrogen) atoms. The summed E-state index contributed by atoms with van der Waals surface area (Å²) in [6, 6.07) is 34.9. The van der Waals surface area contributed by atoms with Gasteiger partial charge in [0.1, 0.15) is 0 Å². The molecule has 1 fully saturated rings. The maximum Gasteiger partial charge on any atom is 0.228 e. The molecule has 6 heteroatoms. The Bertz CT molecular complexity index is 1910. The fraction of sp³-hybridized carbons (Fsp3) is 0.184. The first kappa shape index (κ1) is 27.9. The van der Waals surface area contributed by atoms with Crippen LogP contribution in [0, 0.1) is 0 Å². The van der Waals surface area contributed by atoms with Gasteiger partial charge in [-0.25, -0.2) is 4.98 Å². The quantitative estimate of drug-likeness (QED) is 0.212. The summed E-state index contributed by atoms with van der Waals surface area (Å²) < 4.78 is 5.52. The summed E-state index contributed by atoms with van der Waals surface area (Å²) in [5, 5.41) is 4.73. The molecular weight excluding hydrogens is 546 g/mol. The topological polar surface area (TPSA) is 71.5 Å². The molecule has 7 rings (SSSR count). The van der Waals surface area contributed by atoms with Gasteiger partial charge in [0.25, 0.3) is 0 Å². The first-order valence-corrected chi connectivity index (χ1v) is 15.1. The number of ether oxygens (including phenoxy) is 1. The minimum Gasteiger partial charge on any atom is -0.381 e. The van der Waals surface area contributed by atoms with E-state index in [1.807, 2.05) is 36.4 Å². The van der Waals surface area contributed by atoms with Crippen molar-refractivity contribution in [3.8, 4) is 22.3 Å². The third kappa shape index (κ3) is 5.46. The van der Waals surface area contributed by atoms with Crippen LogP contribution in [-0.4, -0.2) is 35.9 Å². The minimum absolute atomic E-state index is 0.181. The Balaban J connectivity index is 1.34. The lowest BCUT2D eigenvalue weighted by atomic mass is 9.95. The highest BCUT2D eigenvalue weighted by Crippen LogP contribution is 2.37. The number of fused-ring (bicyclic) bond motifs is 2. The van der Waals surface area contributed by atoms with E-state index in [2.05, 4.69) is 59.9 Å². The summed E-state index contributed by atoms with van der Waals surface area (Å²) in [4.78, 5) is 32.7. The van der Waals surface area contributed by atoms with Crippen LogP contribution >= 0.6 is 0 Å². The van der Waals surface area contributed by atoms with Crippen molar-refractivity contribution in [2.45, 2.75) is 32.4 Å². The van der Waals surface area contributed by atoms with Gasteiger partial charge < -0.3 is 10.1 Å². The number of para-hydroxylation sites is 1. The van der Waals surface area contributed by atoms with Gasteiger partial charge in [0.05, 0.1) is 22.6 Å². The average Bonchev–Trinajstić information content (AvgIpc) is 3.35. The van der Waals surface area contributed by atoms with Crippen LogP contribution in [0.5, 0.6) is 0 Å². The van der Waals surface area contributed by atoms with Gasteiger partial charge in [0.2, 0.25) is 11.7 Å². The molecule has 4 aromatic carbocycles. The Morgan fingerprint density at radius 3 is 2.43 bits per heavy atom. The number of nitrogens with one attached hydrogen (secondary N) is 1. The van der Waals surface area contributed by atoms with E-state index in [1.54, 1.807) is 18.2 Å². The highest BCUT2D eigenvalue weighted by Gasteiger charge is 2.34. The van der Waals surface area contributed by atoms with Gasteiger partial charge in [-0.15, -0.1) is 0 Å². The van der Waals surface area contributed by atoms with E-state index in [1.165, 1.54) is 17.4 Å². The number of pyridine rings is 1. The van der Waals surface area contributed by atoms with Crippen molar-refractivity contribution in [1.29, 1.82) is 0 Å². The van der Waals surface area contributed by atoms with Gasteiger partial charge in [0.15, 0.2) is 0 Å². The van der Waals surface area contributed by atoms with Gasteiger partial charge in [-0.05, 0) is 83.1 Å². The van der Waals surface area contributed by atoms with Crippen molar-refractivity contribution in [1.82, 2.24) is 10.3 Å². The van der Waals surface area contributed by atoms with E-state index < -0.39 is 0 Å². The predicted octanol–water partition coefficient (Wildman–Crippen LogP) is 7.43.